The summed E-state index contributed by atoms with van der Waals surface area (Å²) in [5.74, 6) is 0.326. The Labute approximate surface area is 46.6 Å². The molecule has 0 saturated heterocycles. The SMILES string of the molecule is N[C]=C1N=CN=C1N. The monoisotopic (exact) mass is 109 g/mol. The van der Waals surface area contributed by atoms with Gasteiger partial charge in [0.2, 0.25) is 0 Å². The summed E-state index contributed by atoms with van der Waals surface area (Å²) in [6.45, 7) is 0. The summed E-state index contributed by atoms with van der Waals surface area (Å²) in [7, 11) is 0. The molecule has 0 aromatic carbocycles. The highest BCUT2D eigenvalue weighted by atomic mass is 15.0. The first-order chi connectivity index (χ1) is 3.84. The van der Waals surface area contributed by atoms with Crippen molar-refractivity contribution in [1.29, 1.82) is 0 Å². The molecule has 4 heteroatoms. The van der Waals surface area contributed by atoms with Gasteiger partial charge in [-0.15, -0.1) is 0 Å². The highest BCUT2D eigenvalue weighted by Crippen LogP contribution is 1.97. The molecule has 1 heterocycles. The molecule has 0 bridgehead atoms. The minimum Gasteiger partial charge on any atom is -0.395 e. The molecule has 0 atom stereocenters. The van der Waals surface area contributed by atoms with Crippen LogP contribution in [0.2, 0.25) is 0 Å². The minimum absolute atomic E-state index is 0.326. The summed E-state index contributed by atoms with van der Waals surface area (Å²) in [4.78, 5) is 7.27. The lowest BCUT2D eigenvalue weighted by molar-refractivity contribution is 1.37. The summed E-state index contributed by atoms with van der Waals surface area (Å²) >= 11 is 0. The molecule has 0 aromatic heterocycles. The predicted molar refractivity (Wildman–Crippen MR) is 31.1 cm³/mol. The van der Waals surface area contributed by atoms with Gasteiger partial charge in [0.1, 0.15) is 12.0 Å². The van der Waals surface area contributed by atoms with Crippen LogP contribution in [0.5, 0.6) is 0 Å². The predicted octanol–water partition coefficient (Wildman–Crippen LogP) is -1.01. The zero-order chi connectivity index (χ0) is 5.98. The lowest BCUT2D eigenvalue weighted by atomic mass is 10.5. The number of amidine groups is 1. The molecule has 0 aliphatic carbocycles. The van der Waals surface area contributed by atoms with E-state index in [-0.39, 0.29) is 0 Å². The molecule has 4 nitrogen and oxygen atoms in total. The quantitative estimate of drug-likeness (QED) is 0.391. The molecule has 0 spiro atoms. The zero-order valence-corrected chi connectivity index (χ0v) is 4.13. The van der Waals surface area contributed by atoms with Crippen molar-refractivity contribution < 1.29 is 0 Å². The van der Waals surface area contributed by atoms with Gasteiger partial charge >= 0.3 is 0 Å². The molecular weight excluding hydrogens is 104 g/mol. The fraction of sp³-hybridized carbons (Fsp3) is 0. The van der Waals surface area contributed by atoms with Crippen LogP contribution in [0, 0.1) is 6.20 Å². The second-order valence-electron chi connectivity index (χ2n) is 1.25. The van der Waals surface area contributed by atoms with Crippen LogP contribution in [-0.2, 0) is 0 Å². The number of hydrogen-bond acceptors (Lipinski definition) is 4. The zero-order valence-electron chi connectivity index (χ0n) is 4.13. The van der Waals surface area contributed by atoms with Crippen LogP contribution >= 0.6 is 0 Å². The summed E-state index contributed by atoms with van der Waals surface area (Å²) < 4.78 is 0. The first-order valence-corrected chi connectivity index (χ1v) is 2.04. The average Bonchev–Trinajstić information content (AvgIpc) is 2.14. The molecule has 0 saturated carbocycles. The van der Waals surface area contributed by atoms with Crippen LogP contribution in [0.1, 0.15) is 0 Å². The topological polar surface area (TPSA) is 76.8 Å². The van der Waals surface area contributed by atoms with Crippen molar-refractivity contribution in [3.63, 3.8) is 0 Å². The van der Waals surface area contributed by atoms with Gasteiger partial charge in [0, 0.05) is 0 Å². The average molecular weight is 109 g/mol. The molecule has 1 rings (SSSR count). The van der Waals surface area contributed by atoms with E-state index in [0.29, 0.717) is 11.5 Å². The number of nitrogens with zero attached hydrogens (tertiary/aromatic N) is 2. The van der Waals surface area contributed by atoms with Crippen LogP contribution in [-0.4, -0.2) is 12.2 Å². The van der Waals surface area contributed by atoms with Gasteiger partial charge in [-0.05, 0) is 0 Å². The summed E-state index contributed by atoms with van der Waals surface area (Å²) in [6.07, 6.45) is 3.61. The van der Waals surface area contributed by atoms with Gasteiger partial charge in [0.25, 0.3) is 0 Å². The van der Waals surface area contributed by atoms with E-state index < -0.39 is 0 Å². The van der Waals surface area contributed by atoms with Crippen molar-refractivity contribution >= 4 is 12.2 Å². The maximum absolute atomic E-state index is 5.23. The van der Waals surface area contributed by atoms with Crippen LogP contribution in [0.15, 0.2) is 15.7 Å². The molecular formula is C4H5N4. The van der Waals surface area contributed by atoms with Crippen molar-refractivity contribution in [2.45, 2.75) is 0 Å². The van der Waals surface area contributed by atoms with Crippen molar-refractivity contribution in [2.24, 2.45) is 21.5 Å². The lowest BCUT2D eigenvalue weighted by Crippen LogP contribution is -2.11. The van der Waals surface area contributed by atoms with Crippen molar-refractivity contribution in [3.8, 4) is 0 Å². The summed E-state index contributed by atoms with van der Waals surface area (Å²) in [5.41, 5.74) is 10.6. The highest BCUT2D eigenvalue weighted by Gasteiger charge is 2.02. The molecule has 41 valence electrons. The molecule has 0 aromatic rings. The van der Waals surface area contributed by atoms with E-state index in [1.807, 2.05) is 0 Å². The molecule has 4 N–H and O–H groups in total. The van der Waals surface area contributed by atoms with Crippen LogP contribution in [0.3, 0.4) is 0 Å². The van der Waals surface area contributed by atoms with E-state index in [9.17, 15) is 0 Å². The Morgan fingerprint density at radius 3 is 2.62 bits per heavy atom. The van der Waals surface area contributed by atoms with E-state index in [4.69, 9.17) is 11.5 Å². The van der Waals surface area contributed by atoms with E-state index in [1.165, 1.54) is 6.34 Å². The Kier molecular flexibility index (Phi) is 0.997. The largest absolute Gasteiger partial charge is 0.395 e. The fourth-order valence-electron chi connectivity index (χ4n) is 0.387. The molecule has 0 unspecified atom stereocenters. The fourth-order valence-corrected chi connectivity index (χ4v) is 0.387. The van der Waals surface area contributed by atoms with Gasteiger partial charge in [0.05, 0.1) is 6.20 Å². The third kappa shape index (κ3) is 0.556. The molecule has 8 heavy (non-hydrogen) atoms. The first kappa shape index (κ1) is 4.83. The Balaban J connectivity index is 2.88. The normalized spacial score (nSPS) is 22.0. The van der Waals surface area contributed by atoms with E-state index in [0.717, 1.165) is 0 Å². The Bertz CT molecular complexity index is 176. The maximum atomic E-state index is 5.23. The maximum Gasteiger partial charge on any atom is 0.153 e. The van der Waals surface area contributed by atoms with Crippen LogP contribution in [0.4, 0.5) is 0 Å². The Hall–Kier alpha value is -1.32. The van der Waals surface area contributed by atoms with Gasteiger partial charge in [-0.25, -0.2) is 9.98 Å². The van der Waals surface area contributed by atoms with Gasteiger partial charge < -0.3 is 11.5 Å². The van der Waals surface area contributed by atoms with Gasteiger partial charge in [-0.3, -0.25) is 0 Å². The van der Waals surface area contributed by atoms with E-state index >= 15 is 0 Å². The van der Waals surface area contributed by atoms with Crippen molar-refractivity contribution in [3.05, 3.63) is 11.9 Å². The first-order valence-electron chi connectivity index (χ1n) is 2.04. The molecule has 1 radical (unpaired) electrons. The number of hydrogen-bond donors (Lipinski definition) is 2. The lowest BCUT2D eigenvalue weighted by Gasteiger charge is -1.85. The molecule has 1 aliphatic rings. The van der Waals surface area contributed by atoms with E-state index in [2.05, 4.69) is 16.2 Å². The second-order valence-corrected chi connectivity index (χ2v) is 1.25. The highest BCUT2D eigenvalue weighted by molar-refractivity contribution is 6.04. The van der Waals surface area contributed by atoms with Crippen LogP contribution < -0.4 is 11.5 Å². The summed E-state index contributed by atoms with van der Waals surface area (Å²) in [5, 5.41) is 0. The van der Waals surface area contributed by atoms with Gasteiger partial charge in [0.15, 0.2) is 5.84 Å². The van der Waals surface area contributed by atoms with Gasteiger partial charge in [-0.1, -0.05) is 0 Å². The third-order valence-electron chi connectivity index (χ3n) is 0.763. The minimum atomic E-state index is 0.326. The number of nitrogens with two attached hydrogens (primary N) is 2. The van der Waals surface area contributed by atoms with Crippen molar-refractivity contribution in [2.75, 3.05) is 0 Å². The summed E-state index contributed by atoms with van der Waals surface area (Å²) in [6, 6.07) is 0. The van der Waals surface area contributed by atoms with Crippen molar-refractivity contribution in [1.82, 2.24) is 0 Å². The second kappa shape index (κ2) is 1.65. The standard InChI is InChI=1S/C4H5N4/c5-1-3-4(6)8-2-7-3/h2H,5H2,(H2,6,7,8). The third-order valence-corrected chi connectivity index (χ3v) is 0.763. The molecule has 0 amide bonds. The number of aliphatic imine (C=N–C) groups is 2. The van der Waals surface area contributed by atoms with Gasteiger partial charge in [-0.2, -0.15) is 0 Å². The molecule has 1 aliphatic heterocycles. The van der Waals surface area contributed by atoms with E-state index in [1.54, 1.807) is 0 Å². The Morgan fingerprint density at radius 2 is 2.38 bits per heavy atom. The Morgan fingerprint density at radius 1 is 1.62 bits per heavy atom. The van der Waals surface area contributed by atoms with Crippen LogP contribution in [0.25, 0.3) is 0 Å². The molecule has 0 fully saturated rings. The number of rotatable bonds is 0. The smallest absolute Gasteiger partial charge is 0.153 e.